The third-order valence-electron chi connectivity index (χ3n) is 4.72. The lowest BCUT2D eigenvalue weighted by Gasteiger charge is -2.22. The van der Waals surface area contributed by atoms with Gasteiger partial charge in [0.1, 0.15) is 12.2 Å². The lowest BCUT2D eigenvalue weighted by molar-refractivity contribution is 0.443. The number of aromatic nitrogens is 3. The highest BCUT2D eigenvalue weighted by atomic mass is 32.2. The van der Waals surface area contributed by atoms with E-state index in [9.17, 15) is 8.42 Å². The Kier molecular flexibility index (Phi) is 5.30. The third kappa shape index (κ3) is 3.84. The second-order valence-electron chi connectivity index (χ2n) is 6.26. The number of rotatable bonds is 6. The summed E-state index contributed by atoms with van der Waals surface area (Å²) in [6.07, 6.45) is 7.86. The van der Waals surface area contributed by atoms with Gasteiger partial charge in [-0.05, 0) is 43.4 Å². The Bertz CT molecular complexity index is 762. The van der Waals surface area contributed by atoms with Gasteiger partial charge in [-0.2, -0.15) is 0 Å². The lowest BCUT2D eigenvalue weighted by Crippen LogP contribution is -2.25. The zero-order chi connectivity index (χ0) is 17.0. The highest BCUT2D eigenvalue weighted by Crippen LogP contribution is 2.32. The van der Waals surface area contributed by atoms with E-state index in [1.54, 1.807) is 18.5 Å². The second kappa shape index (κ2) is 7.44. The van der Waals surface area contributed by atoms with E-state index in [4.69, 9.17) is 0 Å². The largest absolute Gasteiger partial charge is 0.317 e. The molecular formula is C17H24N4O2S. The molecule has 1 fully saturated rings. The van der Waals surface area contributed by atoms with Crippen molar-refractivity contribution in [3.05, 3.63) is 42.0 Å². The fourth-order valence-electron chi connectivity index (χ4n) is 3.28. The maximum Gasteiger partial charge on any atom is 0.240 e. The monoisotopic (exact) mass is 348 g/mol. The van der Waals surface area contributed by atoms with Crippen molar-refractivity contribution in [3.8, 4) is 0 Å². The smallest absolute Gasteiger partial charge is 0.240 e. The van der Waals surface area contributed by atoms with Crippen LogP contribution >= 0.6 is 0 Å². The Hall–Kier alpha value is -1.73. The Morgan fingerprint density at radius 2 is 1.88 bits per heavy atom. The summed E-state index contributed by atoms with van der Waals surface area (Å²) in [5.41, 5.74) is 1.25. The maximum atomic E-state index is 12.4. The molecule has 7 heteroatoms. The molecule has 0 atom stereocenters. The molecule has 6 nitrogen and oxygen atoms in total. The molecule has 1 heterocycles. The molecule has 0 unspecified atom stereocenters. The Balaban J connectivity index is 1.68. The summed E-state index contributed by atoms with van der Waals surface area (Å²) in [5, 5.41) is 7.75. The van der Waals surface area contributed by atoms with Crippen LogP contribution < -0.4 is 4.72 Å². The number of nitrogens with one attached hydrogen (secondary N) is 1. The van der Waals surface area contributed by atoms with Crippen LogP contribution in [-0.2, 0) is 23.1 Å². The van der Waals surface area contributed by atoms with Crippen LogP contribution in [-0.4, -0.2) is 23.2 Å². The summed E-state index contributed by atoms with van der Waals surface area (Å²) in [5.74, 6) is 1.19. The number of aryl methyl sites for hydroxylation is 1. The van der Waals surface area contributed by atoms with Crippen molar-refractivity contribution in [2.24, 2.45) is 0 Å². The summed E-state index contributed by atoms with van der Waals surface area (Å²) < 4.78 is 29.3. The van der Waals surface area contributed by atoms with Crippen LogP contribution in [0.2, 0.25) is 0 Å². The van der Waals surface area contributed by atoms with Gasteiger partial charge in [0.05, 0.1) is 11.4 Å². The molecule has 0 aliphatic heterocycles. The van der Waals surface area contributed by atoms with Crippen LogP contribution in [0.15, 0.2) is 35.5 Å². The molecule has 0 bridgehead atoms. The van der Waals surface area contributed by atoms with Crippen LogP contribution in [0.3, 0.4) is 0 Å². The molecule has 130 valence electrons. The van der Waals surface area contributed by atoms with E-state index >= 15 is 0 Å². The predicted octanol–water partition coefficient (Wildman–Crippen LogP) is 2.82. The van der Waals surface area contributed by atoms with E-state index in [0.29, 0.717) is 23.2 Å². The third-order valence-corrected chi connectivity index (χ3v) is 6.14. The Morgan fingerprint density at radius 1 is 1.17 bits per heavy atom. The SMILES string of the molecule is CCn1cnnc1CNS(=O)(=O)c1ccc(C2CCCCC2)cc1. The summed E-state index contributed by atoms with van der Waals surface area (Å²) in [6.45, 7) is 2.81. The van der Waals surface area contributed by atoms with E-state index < -0.39 is 10.0 Å². The van der Waals surface area contributed by atoms with E-state index in [-0.39, 0.29) is 6.54 Å². The molecular weight excluding hydrogens is 324 g/mol. The lowest BCUT2D eigenvalue weighted by atomic mass is 9.84. The topological polar surface area (TPSA) is 76.9 Å². The van der Waals surface area contributed by atoms with Crippen molar-refractivity contribution < 1.29 is 8.42 Å². The van der Waals surface area contributed by atoms with Gasteiger partial charge in [-0.1, -0.05) is 31.4 Å². The van der Waals surface area contributed by atoms with Crippen LogP contribution in [0, 0.1) is 0 Å². The normalized spacial score (nSPS) is 16.4. The summed E-state index contributed by atoms with van der Waals surface area (Å²) >= 11 is 0. The molecule has 24 heavy (non-hydrogen) atoms. The molecule has 3 rings (SSSR count). The zero-order valence-electron chi connectivity index (χ0n) is 14.0. The van der Waals surface area contributed by atoms with Gasteiger partial charge in [-0.25, -0.2) is 13.1 Å². The Labute approximate surface area is 143 Å². The zero-order valence-corrected chi connectivity index (χ0v) is 14.8. The second-order valence-corrected chi connectivity index (χ2v) is 8.03. The molecule has 1 aliphatic rings. The summed E-state index contributed by atoms with van der Waals surface area (Å²) in [7, 11) is -3.54. The first-order chi connectivity index (χ1) is 11.6. The number of nitrogens with zero attached hydrogens (tertiary/aromatic N) is 3. The minimum atomic E-state index is -3.54. The number of hydrogen-bond donors (Lipinski definition) is 1. The van der Waals surface area contributed by atoms with Crippen molar-refractivity contribution in [2.75, 3.05) is 0 Å². The molecule has 1 aliphatic carbocycles. The van der Waals surface area contributed by atoms with Gasteiger partial charge in [-0.15, -0.1) is 10.2 Å². The minimum Gasteiger partial charge on any atom is -0.317 e. The van der Waals surface area contributed by atoms with E-state index in [0.717, 1.165) is 0 Å². The van der Waals surface area contributed by atoms with Gasteiger partial charge in [0.15, 0.2) is 0 Å². The Morgan fingerprint density at radius 3 is 2.54 bits per heavy atom. The predicted molar refractivity (Wildman–Crippen MR) is 92.0 cm³/mol. The van der Waals surface area contributed by atoms with Crippen LogP contribution in [0.1, 0.15) is 56.3 Å². The van der Waals surface area contributed by atoms with Crippen LogP contribution in [0.25, 0.3) is 0 Å². The summed E-state index contributed by atoms with van der Waals surface area (Å²) in [6, 6.07) is 7.33. The molecule has 0 spiro atoms. The maximum absolute atomic E-state index is 12.4. The average molecular weight is 348 g/mol. The quantitative estimate of drug-likeness (QED) is 0.871. The van der Waals surface area contributed by atoms with Crippen molar-refractivity contribution in [2.45, 2.75) is 62.9 Å². The average Bonchev–Trinajstić information content (AvgIpc) is 3.09. The summed E-state index contributed by atoms with van der Waals surface area (Å²) in [4.78, 5) is 0.296. The molecule has 1 aromatic heterocycles. The highest BCUT2D eigenvalue weighted by Gasteiger charge is 2.18. The fraction of sp³-hybridized carbons (Fsp3) is 0.529. The van der Waals surface area contributed by atoms with Crippen molar-refractivity contribution in [3.63, 3.8) is 0 Å². The molecule has 0 amide bonds. The number of hydrogen-bond acceptors (Lipinski definition) is 4. The van der Waals surface area contributed by atoms with Gasteiger partial charge in [0.25, 0.3) is 0 Å². The van der Waals surface area contributed by atoms with Crippen molar-refractivity contribution in [1.82, 2.24) is 19.5 Å². The molecule has 1 saturated carbocycles. The first kappa shape index (κ1) is 17.1. The molecule has 0 radical (unpaired) electrons. The van der Waals surface area contributed by atoms with Crippen molar-refractivity contribution >= 4 is 10.0 Å². The standard InChI is InChI=1S/C17H24N4O2S/c1-2-21-13-18-20-17(21)12-19-24(22,23)16-10-8-15(9-11-16)14-6-4-3-5-7-14/h8-11,13-14,19H,2-7,12H2,1H3. The number of benzene rings is 1. The first-order valence-electron chi connectivity index (χ1n) is 8.56. The van der Waals surface area contributed by atoms with Gasteiger partial charge in [-0.3, -0.25) is 0 Å². The van der Waals surface area contributed by atoms with Gasteiger partial charge < -0.3 is 4.57 Å². The van der Waals surface area contributed by atoms with E-state index in [2.05, 4.69) is 14.9 Å². The van der Waals surface area contributed by atoms with Gasteiger partial charge >= 0.3 is 0 Å². The fourth-order valence-corrected chi connectivity index (χ4v) is 4.26. The number of sulfonamides is 1. The molecule has 0 saturated heterocycles. The van der Waals surface area contributed by atoms with Crippen LogP contribution in [0.4, 0.5) is 0 Å². The van der Waals surface area contributed by atoms with Gasteiger partial charge in [0, 0.05) is 6.54 Å². The van der Waals surface area contributed by atoms with E-state index in [1.165, 1.54) is 37.7 Å². The highest BCUT2D eigenvalue weighted by molar-refractivity contribution is 7.89. The van der Waals surface area contributed by atoms with E-state index in [1.807, 2.05) is 23.6 Å². The first-order valence-corrected chi connectivity index (χ1v) is 10.0. The minimum absolute atomic E-state index is 0.139. The molecule has 2 aromatic rings. The molecule has 1 N–H and O–H groups in total. The van der Waals surface area contributed by atoms with Gasteiger partial charge in [0.2, 0.25) is 10.0 Å². The van der Waals surface area contributed by atoms with Crippen LogP contribution in [0.5, 0.6) is 0 Å². The van der Waals surface area contributed by atoms with Crippen molar-refractivity contribution in [1.29, 1.82) is 0 Å². The molecule has 1 aromatic carbocycles.